The van der Waals surface area contributed by atoms with Gasteiger partial charge in [-0.25, -0.2) is 0 Å². The summed E-state index contributed by atoms with van der Waals surface area (Å²) in [7, 11) is 0. The lowest BCUT2D eigenvalue weighted by Crippen LogP contribution is -2.37. The summed E-state index contributed by atoms with van der Waals surface area (Å²) in [5, 5.41) is 4.69. The van der Waals surface area contributed by atoms with E-state index in [2.05, 4.69) is 29.4 Å². The molecule has 0 saturated heterocycles. The van der Waals surface area contributed by atoms with Crippen LogP contribution in [0.4, 0.5) is 0 Å². The third-order valence-electron chi connectivity index (χ3n) is 4.74. The normalized spacial score (nSPS) is 22.6. The Hall–Kier alpha value is -1.61. The fourth-order valence-electron chi connectivity index (χ4n) is 3.35. The number of aryl methyl sites for hydroxylation is 1. The van der Waals surface area contributed by atoms with Crippen LogP contribution in [0.1, 0.15) is 43.7 Å². The Morgan fingerprint density at radius 3 is 2.86 bits per heavy atom. The van der Waals surface area contributed by atoms with E-state index in [-0.39, 0.29) is 5.56 Å². The number of rotatable bonds is 3. The van der Waals surface area contributed by atoms with Gasteiger partial charge in [-0.2, -0.15) is 0 Å². The molecule has 21 heavy (non-hydrogen) atoms. The number of H-pyrrole nitrogens is 1. The zero-order chi connectivity index (χ0) is 14.8. The van der Waals surface area contributed by atoms with Crippen LogP contribution in [0.25, 0.3) is 10.9 Å². The van der Waals surface area contributed by atoms with Gasteiger partial charge in [0.15, 0.2) is 0 Å². The maximum Gasteiger partial charge on any atom is 0.252 e. The number of hydrogen-bond acceptors (Lipinski definition) is 2. The Balaban J connectivity index is 1.79. The highest BCUT2D eigenvalue weighted by Gasteiger charge is 2.20. The predicted molar refractivity (Wildman–Crippen MR) is 87.6 cm³/mol. The highest BCUT2D eigenvalue weighted by atomic mass is 16.1. The fraction of sp³-hybridized carbons (Fsp3) is 0.500. The second kappa shape index (κ2) is 6.02. The standard InChI is InChI=1S/C18H24N2O/c1-12-7-8-14-10-15(18(21)20-17(14)9-12)11-19-16-6-4-3-5-13(16)2/h7-10,13,16,19H,3-6,11H2,1-2H3,(H,20,21)/t13-,16+/m0/s1. The molecule has 3 nitrogen and oxygen atoms in total. The topological polar surface area (TPSA) is 44.9 Å². The van der Waals surface area contributed by atoms with Crippen molar-refractivity contribution in [3.63, 3.8) is 0 Å². The Morgan fingerprint density at radius 1 is 1.24 bits per heavy atom. The summed E-state index contributed by atoms with van der Waals surface area (Å²) in [6.45, 7) is 5.01. The van der Waals surface area contributed by atoms with Crippen LogP contribution in [0.15, 0.2) is 29.1 Å². The van der Waals surface area contributed by atoms with Gasteiger partial charge < -0.3 is 10.3 Å². The Bertz CT molecular complexity index is 689. The maximum absolute atomic E-state index is 12.2. The Kier molecular flexibility index (Phi) is 4.11. The molecule has 0 unspecified atom stereocenters. The molecule has 1 saturated carbocycles. The molecule has 1 aliphatic carbocycles. The van der Waals surface area contributed by atoms with Crippen molar-refractivity contribution in [2.45, 2.75) is 52.1 Å². The minimum Gasteiger partial charge on any atom is -0.322 e. The number of fused-ring (bicyclic) bond motifs is 1. The van der Waals surface area contributed by atoms with Crippen LogP contribution in [0.2, 0.25) is 0 Å². The third-order valence-corrected chi connectivity index (χ3v) is 4.74. The van der Waals surface area contributed by atoms with Gasteiger partial charge in [0.25, 0.3) is 5.56 Å². The Morgan fingerprint density at radius 2 is 2.05 bits per heavy atom. The van der Waals surface area contributed by atoms with Gasteiger partial charge in [-0.15, -0.1) is 0 Å². The summed E-state index contributed by atoms with van der Waals surface area (Å²) in [5.74, 6) is 0.709. The van der Waals surface area contributed by atoms with Crippen molar-refractivity contribution < 1.29 is 0 Å². The summed E-state index contributed by atoms with van der Waals surface area (Å²) < 4.78 is 0. The van der Waals surface area contributed by atoms with E-state index >= 15 is 0 Å². The quantitative estimate of drug-likeness (QED) is 0.906. The van der Waals surface area contributed by atoms with Crippen LogP contribution in [0.5, 0.6) is 0 Å². The minimum absolute atomic E-state index is 0.0315. The van der Waals surface area contributed by atoms with E-state index in [1.165, 1.54) is 31.2 Å². The van der Waals surface area contributed by atoms with Gasteiger partial charge >= 0.3 is 0 Å². The molecule has 1 aromatic heterocycles. The predicted octanol–water partition coefficient (Wildman–Crippen LogP) is 3.50. The molecule has 0 amide bonds. The molecule has 0 aliphatic heterocycles. The molecule has 1 heterocycles. The minimum atomic E-state index is 0.0315. The van der Waals surface area contributed by atoms with Crippen molar-refractivity contribution in [3.05, 3.63) is 45.7 Å². The molecule has 2 atom stereocenters. The first-order valence-electron chi connectivity index (χ1n) is 7.99. The molecule has 3 rings (SSSR count). The second-order valence-corrected chi connectivity index (χ2v) is 6.46. The average molecular weight is 284 g/mol. The molecule has 112 valence electrons. The van der Waals surface area contributed by atoms with Crippen LogP contribution in [-0.2, 0) is 6.54 Å². The van der Waals surface area contributed by atoms with E-state index in [1.54, 1.807) is 0 Å². The molecule has 1 aliphatic rings. The van der Waals surface area contributed by atoms with Gasteiger partial charge in [0.2, 0.25) is 0 Å². The molecule has 1 fully saturated rings. The molecule has 2 aromatic rings. The summed E-state index contributed by atoms with van der Waals surface area (Å²) in [6, 6.07) is 8.76. The molecular formula is C18H24N2O. The number of benzene rings is 1. The summed E-state index contributed by atoms with van der Waals surface area (Å²) in [5.41, 5.74) is 2.96. The average Bonchev–Trinajstić information content (AvgIpc) is 2.46. The largest absolute Gasteiger partial charge is 0.322 e. The molecule has 1 aromatic carbocycles. The smallest absolute Gasteiger partial charge is 0.252 e. The highest BCUT2D eigenvalue weighted by molar-refractivity contribution is 5.79. The molecule has 0 bridgehead atoms. The lowest BCUT2D eigenvalue weighted by molar-refractivity contribution is 0.279. The van der Waals surface area contributed by atoms with Gasteiger partial charge in [-0.1, -0.05) is 31.9 Å². The van der Waals surface area contributed by atoms with Gasteiger partial charge in [0.1, 0.15) is 0 Å². The van der Waals surface area contributed by atoms with Crippen molar-refractivity contribution >= 4 is 10.9 Å². The van der Waals surface area contributed by atoms with Crippen molar-refractivity contribution in [3.8, 4) is 0 Å². The van der Waals surface area contributed by atoms with E-state index in [9.17, 15) is 4.79 Å². The fourth-order valence-corrected chi connectivity index (χ4v) is 3.35. The monoisotopic (exact) mass is 284 g/mol. The summed E-state index contributed by atoms with van der Waals surface area (Å²) in [6.07, 6.45) is 5.17. The summed E-state index contributed by atoms with van der Waals surface area (Å²) >= 11 is 0. The van der Waals surface area contributed by atoms with Crippen molar-refractivity contribution in [1.29, 1.82) is 0 Å². The van der Waals surface area contributed by atoms with Crippen LogP contribution < -0.4 is 10.9 Å². The van der Waals surface area contributed by atoms with Crippen molar-refractivity contribution in [2.75, 3.05) is 0 Å². The zero-order valence-electron chi connectivity index (χ0n) is 12.9. The van der Waals surface area contributed by atoms with E-state index in [4.69, 9.17) is 0 Å². The second-order valence-electron chi connectivity index (χ2n) is 6.46. The van der Waals surface area contributed by atoms with Gasteiger partial charge in [0.05, 0.1) is 0 Å². The first-order chi connectivity index (χ1) is 10.1. The van der Waals surface area contributed by atoms with Crippen LogP contribution in [0, 0.1) is 12.8 Å². The van der Waals surface area contributed by atoms with E-state index in [0.29, 0.717) is 18.5 Å². The molecule has 3 heteroatoms. The number of aromatic amines is 1. The van der Waals surface area contributed by atoms with Crippen LogP contribution in [-0.4, -0.2) is 11.0 Å². The van der Waals surface area contributed by atoms with Gasteiger partial charge in [-0.05, 0) is 48.8 Å². The van der Waals surface area contributed by atoms with E-state index < -0.39 is 0 Å². The summed E-state index contributed by atoms with van der Waals surface area (Å²) in [4.78, 5) is 15.2. The number of pyridine rings is 1. The first-order valence-corrected chi connectivity index (χ1v) is 7.99. The molecule has 0 spiro atoms. The number of hydrogen-bond donors (Lipinski definition) is 2. The third kappa shape index (κ3) is 3.18. The highest BCUT2D eigenvalue weighted by Crippen LogP contribution is 2.24. The van der Waals surface area contributed by atoms with Gasteiger partial charge in [-0.3, -0.25) is 4.79 Å². The lowest BCUT2D eigenvalue weighted by Gasteiger charge is -2.29. The number of nitrogens with one attached hydrogen (secondary N) is 2. The van der Waals surface area contributed by atoms with Gasteiger partial charge in [0, 0.05) is 23.7 Å². The zero-order valence-corrected chi connectivity index (χ0v) is 12.9. The van der Waals surface area contributed by atoms with Crippen LogP contribution in [0.3, 0.4) is 0 Å². The number of aromatic nitrogens is 1. The lowest BCUT2D eigenvalue weighted by atomic mass is 9.86. The van der Waals surface area contributed by atoms with E-state index in [0.717, 1.165) is 16.5 Å². The SMILES string of the molecule is Cc1ccc2cc(CN[C@@H]3CCCC[C@@H]3C)c(=O)[nH]c2c1. The van der Waals surface area contributed by atoms with Crippen molar-refractivity contribution in [1.82, 2.24) is 10.3 Å². The maximum atomic E-state index is 12.2. The van der Waals surface area contributed by atoms with Crippen molar-refractivity contribution in [2.24, 2.45) is 5.92 Å². The molecule has 0 radical (unpaired) electrons. The Labute approximate surface area is 125 Å². The van der Waals surface area contributed by atoms with Crippen LogP contribution >= 0.6 is 0 Å². The van der Waals surface area contributed by atoms with E-state index in [1.807, 2.05) is 19.1 Å². The first kappa shape index (κ1) is 14.3. The molecular weight excluding hydrogens is 260 g/mol. The molecule has 2 N–H and O–H groups in total.